The number of hydrogen-bond donors (Lipinski definition) is 2. The summed E-state index contributed by atoms with van der Waals surface area (Å²) < 4.78 is 21.4. The molecule has 0 aliphatic carbocycles. The first-order chi connectivity index (χ1) is 13.7. The van der Waals surface area contributed by atoms with Crippen molar-refractivity contribution in [3.05, 3.63) is 54.2 Å². The molecule has 2 aromatic carbocycles. The van der Waals surface area contributed by atoms with Gasteiger partial charge in [0.05, 0.1) is 19.9 Å². The van der Waals surface area contributed by atoms with E-state index in [1.807, 2.05) is 36.4 Å². The third-order valence-electron chi connectivity index (χ3n) is 4.22. The molecule has 8 nitrogen and oxygen atoms in total. The van der Waals surface area contributed by atoms with Gasteiger partial charge in [-0.25, -0.2) is 4.98 Å². The molecular weight excluding hydrogens is 360 g/mol. The second-order valence-corrected chi connectivity index (χ2v) is 6.00. The van der Waals surface area contributed by atoms with Crippen LogP contribution in [0.4, 0.5) is 17.5 Å². The summed E-state index contributed by atoms with van der Waals surface area (Å²) in [5.41, 5.74) is 1.78. The van der Waals surface area contributed by atoms with Gasteiger partial charge in [0.15, 0.2) is 11.5 Å². The molecule has 0 saturated heterocycles. The van der Waals surface area contributed by atoms with Crippen LogP contribution in [0.25, 0.3) is 0 Å². The number of fused-ring (bicyclic) bond motifs is 1. The van der Waals surface area contributed by atoms with Crippen LogP contribution in [0.1, 0.15) is 5.56 Å². The van der Waals surface area contributed by atoms with Crippen molar-refractivity contribution in [2.75, 3.05) is 31.6 Å². The van der Waals surface area contributed by atoms with E-state index in [1.165, 1.54) is 0 Å². The first-order valence-corrected chi connectivity index (χ1v) is 8.69. The standard InChI is InChI=1S/C20H20N4O4/c1-25-14-4-6-16(26-2)15(10-14)23-20-21-8-7-19(24-20)22-11-13-3-5-17-18(9-13)28-12-27-17/h3-10H,11-12H2,1-2H3,(H2,21,22,23,24). The van der Waals surface area contributed by atoms with E-state index in [1.54, 1.807) is 26.5 Å². The van der Waals surface area contributed by atoms with Crippen LogP contribution in [0.15, 0.2) is 48.7 Å². The lowest BCUT2D eigenvalue weighted by atomic mass is 10.2. The molecular formula is C20H20N4O4. The van der Waals surface area contributed by atoms with Crippen LogP contribution in [-0.2, 0) is 6.54 Å². The summed E-state index contributed by atoms with van der Waals surface area (Å²) >= 11 is 0. The zero-order chi connectivity index (χ0) is 19.3. The Balaban J connectivity index is 1.46. The van der Waals surface area contributed by atoms with Crippen molar-refractivity contribution in [3.63, 3.8) is 0 Å². The van der Waals surface area contributed by atoms with Crippen LogP contribution in [0.2, 0.25) is 0 Å². The third kappa shape index (κ3) is 3.85. The fourth-order valence-corrected chi connectivity index (χ4v) is 2.79. The Morgan fingerprint density at radius 3 is 2.75 bits per heavy atom. The topological polar surface area (TPSA) is 86.8 Å². The van der Waals surface area contributed by atoms with E-state index in [-0.39, 0.29) is 6.79 Å². The number of anilines is 3. The van der Waals surface area contributed by atoms with Crippen LogP contribution >= 0.6 is 0 Å². The highest BCUT2D eigenvalue weighted by molar-refractivity contribution is 5.65. The predicted molar refractivity (Wildman–Crippen MR) is 105 cm³/mol. The molecule has 0 saturated carbocycles. The molecule has 0 atom stereocenters. The number of benzene rings is 2. The minimum Gasteiger partial charge on any atom is -0.497 e. The van der Waals surface area contributed by atoms with E-state index in [4.69, 9.17) is 18.9 Å². The first-order valence-electron chi connectivity index (χ1n) is 8.69. The predicted octanol–water partition coefficient (Wildman–Crippen LogP) is 3.58. The lowest BCUT2D eigenvalue weighted by Gasteiger charge is -2.12. The smallest absolute Gasteiger partial charge is 0.231 e. The van der Waals surface area contributed by atoms with Crippen molar-refractivity contribution in [3.8, 4) is 23.0 Å². The molecule has 0 fully saturated rings. The molecule has 3 aromatic rings. The number of methoxy groups -OCH3 is 2. The van der Waals surface area contributed by atoms with Gasteiger partial charge in [-0.15, -0.1) is 0 Å². The maximum atomic E-state index is 5.41. The highest BCUT2D eigenvalue weighted by Gasteiger charge is 2.13. The molecule has 0 amide bonds. The molecule has 4 rings (SSSR count). The molecule has 1 aliphatic heterocycles. The summed E-state index contributed by atoms with van der Waals surface area (Å²) in [5.74, 6) is 4.04. The van der Waals surface area contributed by atoms with Gasteiger partial charge in [0.25, 0.3) is 0 Å². The van der Waals surface area contributed by atoms with E-state index >= 15 is 0 Å². The Kier molecular flexibility index (Phi) is 5.01. The zero-order valence-corrected chi connectivity index (χ0v) is 15.6. The molecule has 2 N–H and O–H groups in total. The summed E-state index contributed by atoms with van der Waals surface area (Å²) in [5, 5.41) is 6.45. The maximum Gasteiger partial charge on any atom is 0.231 e. The SMILES string of the molecule is COc1ccc(OC)c(Nc2nccc(NCc3ccc4c(c3)OCO4)n2)c1. The third-order valence-corrected chi connectivity index (χ3v) is 4.22. The monoisotopic (exact) mass is 380 g/mol. The Hall–Kier alpha value is -3.68. The van der Waals surface area contributed by atoms with Gasteiger partial charge in [-0.2, -0.15) is 4.98 Å². The van der Waals surface area contributed by atoms with E-state index in [9.17, 15) is 0 Å². The highest BCUT2D eigenvalue weighted by Crippen LogP contribution is 2.33. The first kappa shape index (κ1) is 17.7. The van der Waals surface area contributed by atoms with Crippen molar-refractivity contribution in [1.29, 1.82) is 0 Å². The van der Waals surface area contributed by atoms with Crippen LogP contribution in [0.3, 0.4) is 0 Å². The fourth-order valence-electron chi connectivity index (χ4n) is 2.79. The van der Waals surface area contributed by atoms with Crippen molar-refractivity contribution in [2.24, 2.45) is 0 Å². The van der Waals surface area contributed by atoms with Gasteiger partial charge in [-0.1, -0.05) is 6.07 Å². The largest absolute Gasteiger partial charge is 0.497 e. The average Bonchev–Trinajstić information content (AvgIpc) is 3.20. The molecule has 1 aliphatic rings. The van der Waals surface area contributed by atoms with Crippen LogP contribution in [0, 0.1) is 0 Å². The second kappa shape index (κ2) is 7.91. The molecule has 0 bridgehead atoms. The van der Waals surface area contributed by atoms with Gasteiger partial charge in [0.2, 0.25) is 12.7 Å². The van der Waals surface area contributed by atoms with Crippen molar-refractivity contribution < 1.29 is 18.9 Å². The van der Waals surface area contributed by atoms with Crippen molar-refractivity contribution >= 4 is 17.5 Å². The molecule has 2 heterocycles. The van der Waals surface area contributed by atoms with Crippen LogP contribution in [0.5, 0.6) is 23.0 Å². The fraction of sp³-hybridized carbons (Fsp3) is 0.200. The van der Waals surface area contributed by atoms with Crippen molar-refractivity contribution in [2.45, 2.75) is 6.54 Å². The Morgan fingerprint density at radius 1 is 1.00 bits per heavy atom. The van der Waals surface area contributed by atoms with Crippen LogP contribution < -0.4 is 29.6 Å². The zero-order valence-electron chi connectivity index (χ0n) is 15.6. The maximum absolute atomic E-state index is 5.41. The summed E-state index contributed by atoms with van der Waals surface area (Å²) in [6.07, 6.45) is 1.68. The minimum atomic E-state index is 0.265. The second-order valence-electron chi connectivity index (χ2n) is 6.00. The minimum absolute atomic E-state index is 0.265. The van der Waals surface area contributed by atoms with E-state index in [0.717, 1.165) is 22.7 Å². The quantitative estimate of drug-likeness (QED) is 0.643. The number of aromatic nitrogens is 2. The summed E-state index contributed by atoms with van der Waals surface area (Å²) in [4.78, 5) is 8.77. The molecule has 1 aromatic heterocycles. The molecule has 0 unspecified atom stereocenters. The average molecular weight is 380 g/mol. The van der Waals surface area contributed by atoms with Crippen molar-refractivity contribution in [1.82, 2.24) is 9.97 Å². The van der Waals surface area contributed by atoms with E-state index < -0.39 is 0 Å². The normalized spacial score (nSPS) is 11.8. The number of ether oxygens (including phenoxy) is 4. The highest BCUT2D eigenvalue weighted by atomic mass is 16.7. The lowest BCUT2D eigenvalue weighted by molar-refractivity contribution is 0.174. The van der Waals surface area contributed by atoms with Crippen LogP contribution in [-0.4, -0.2) is 31.0 Å². The van der Waals surface area contributed by atoms with Gasteiger partial charge >= 0.3 is 0 Å². The number of nitrogens with zero attached hydrogens (tertiary/aromatic N) is 2. The van der Waals surface area contributed by atoms with E-state index in [2.05, 4.69) is 20.6 Å². The van der Waals surface area contributed by atoms with Gasteiger partial charge in [-0.3, -0.25) is 0 Å². The summed E-state index contributed by atoms with van der Waals surface area (Å²) in [6.45, 7) is 0.858. The van der Waals surface area contributed by atoms with Gasteiger partial charge in [-0.05, 0) is 35.9 Å². The van der Waals surface area contributed by atoms with E-state index in [0.29, 0.717) is 29.8 Å². The summed E-state index contributed by atoms with van der Waals surface area (Å²) in [7, 11) is 3.22. The van der Waals surface area contributed by atoms with Gasteiger partial charge in [0, 0.05) is 18.8 Å². The van der Waals surface area contributed by atoms with Gasteiger partial charge < -0.3 is 29.6 Å². The Morgan fingerprint density at radius 2 is 1.89 bits per heavy atom. The number of rotatable bonds is 7. The molecule has 28 heavy (non-hydrogen) atoms. The Bertz CT molecular complexity index is 980. The molecule has 0 radical (unpaired) electrons. The van der Waals surface area contributed by atoms with Gasteiger partial charge in [0.1, 0.15) is 17.3 Å². The lowest BCUT2D eigenvalue weighted by Crippen LogP contribution is -2.05. The number of nitrogens with one attached hydrogen (secondary N) is 2. The molecule has 144 valence electrons. The number of hydrogen-bond acceptors (Lipinski definition) is 8. The Labute approximate surface area is 162 Å². The summed E-state index contributed by atoms with van der Waals surface area (Å²) in [6, 6.07) is 13.1. The molecule has 0 spiro atoms. The molecule has 8 heteroatoms.